The summed E-state index contributed by atoms with van der Waals surface area (Å²) in [6.07, 6.45) is 2.58. The van der Waals surface area contributed by atoms with Crippen LogP contribution in [0.4, 0.5) is 0 Å². The third-order valence-electron chi connectivity index (χ3n) is 4.68. The molecule has 3 rings (SSSR count). The van der Waals surface area contributed by atoms with Crippen molar-refractivity contribution in [2.24, 2.45) is 0 Å². The third kappa shape index (κ3) is 3.41. The molecule has 2 amide bonds. The number of carboxylic acid groups (broad SMARTS) is 1. The molecule has 0 saturated carbocycles. The van der Waals surface area contributed by atoms with Gasteiger partial charge in [0.1, 0.15) is 12.1 Å². The van der Waals surface area contributed by atoms with Crippen molar-refractivity contribution in [3.63, 3.8) is 0 Å². The highest BCUT2D eigenvalue weighted by molar-refractivity contribution is 8.00. The average Bonchev–Trinajstić information content (AvgIpc) is 3.14. The first-order chi connectivity index (χ1) is 12.3. The molecule has 7 nitrogen and oxygen atoms in total. The highest BCUT2D eigenvalue weighted by Gasteiger charge is 2.43. The van der Waals surface area contributed by atoms with Crippen molar-refractivity contribution in [3.8, 4) is 0 Å². The van der Waals surface area contributed by atoms with Gasteiger partial charge < -0.3 is 20.3 Å². The van der Waals surface area contributed by atoms with Gasteiger partial charge in [-0.25, -0.2) is 4.79 Å². The van der Waals surface area contributed by atoms with Crippen molar-refractivity contribution in [2.75, 3.05) is 5.75 Å². The van der Waals surface area contributed by atoms with Crippen LogP contribution in [0.1, 0.15) is 19.4 Å². The number of H-pyrrole nitrogens is 1. The Bertz CT molecular complexity index is 848. The van der Waals surface area contributed by atoms with Crippen LogP contribution < -0.4 is 5.32 Å². The molecule has 1 aliphatic rings. The largest absolute Gasteiger partial charge is 0.480 e. The van der Waals surface area contributed by atoms with Gasteiger partial charge in [0.2, 0.25) is 12.3 Å². The van der Waals surface area contributed by atoms with Crippen LogP contribution in [0.2, 0.25) is 0 Å². The Hall–Kier alpha value is -2.48. The fourth-order valence-electron chi connectivity index (χ4n) is 3.20. The number of carboxylic acids is 1. The number of fused-ring (bicyclic) bond motifs is 1. The summed E-state index contributed by atoms with van der Waals surface area (Å²) in [7, 11) is 0. The van der Waals surface area contributed by atoms with Crippen molar-refractivity contribution in [3.05, 3.63) is 36.0 Å². The molecule has 2 aromatic rings. The molecule has 1 aromatic carbocycles. The molecule has 0 spiro atoms. The standard InChI is InChI=1S/C18H21N3O4S/c1-18(2)21(10-22)15(9-26-18)16(23)20-14(17(24)25)7-11-8-19-13-6-4-3-5-12(11)13/h3-6,8,10,14-15,19H,7,9H2,1-2H3,(H,20,23)(H,24,25)/t14-,15+/m1/s1. The second-order valence-electron chi connectivity index (χ2n) is 6.75. The van der Waals surface area contributed by atoms with Crippen LogP contribution in [0.5, 0.6) is 0 Å². The van der Waals surface area contributed by atoms with Crippen molar-refractivity contribution in [2.45, 2.75) is 37.2 Å². The second kappa shape index (κ2) is 7.03. The lowest BCUT2D eigenvalue weighted by Gasteiger charge is -2.30. The number of nitrogens with one attached hydrogen (secondary N) is 2. The number of carbonyl (C=O) groups is 3. The van der Waals surface area contributed by atoms with Crippen molar-refractivity contribution < 1.29 is 19.5 Å². The van der Waals surface area contributed by atoms with Crippen LogP contribution in [-0.2, 0) is 20.8 Å². The average molecular weight is 375 g/mol. The molecule has 3 N–H and O–H groups in total. The zero-order chi connectivity index (χ0) is 18.9. The molecule has 1 fully saturated rings. The van der Waals surface area contributed by atoms with Gasteiger partial charge in [-0.3, -0.25) is 9.59 Å². The van der Waals surface area contributed by atoms with Gasteiger partial charge in [0.05, 0.1) is 4.87 Å². The summed E-state index contributed by atoms with van der Waals surface area (Å²) in [4.78, 5) is 39.7. The van der Waals surface area contributed by atoms with Crippen LogP contribution in [-0.4, -0.2) is 56.0 Å². The number of para-hydroxylation sites is 1. The minimum Gasteiger partial charge on any atom is -0.480 e. The van der Waals surface area contributed by atoms with Gasteiger partial charge in [0, 0.05) is 29.3 Å². The van der Waals surface area contributed by atoms with E-state index in [1.165, 1.54) is 16.7 Å². The third-order valence-corrected chi connectivity index (χ3v) is 6.08. The second-order valence-corrected chi connectivity index (χ2v) is 8.37. The van der Waals surface area contributed by atoms with Gasteiger partial charge in [-0.15, -0.1) is 11.8 Å². The van der Waals surface area contributed by atoms with Gasteiger partial charge in [0.25, 0.3) is 0 Å². The molecule has 1 aromatic heterocycles. The summed E-state index contributed by atoms with van der Waals surface area (Å²) in [5, 5.41) is 13.1. The maximum Gasteiger partial charge on any atom is 0.326 e. The highest BCUT2D eigenvalue weighted by atomic mass is 32.2. The Kier molecular flexibility index (Phi) is 4.95. The van der Waals surface area contributed by atoms with Crippen molar-refractivity contribution in [1.29, 1.82) is 0 Å². The Morgan fingerprint density at radius 1 is 1.46 bits per heavy atom. The number of aromatic nitrogens is 1. The summed E-state index contributed by atoms with van der Waals surface area (Å²) in [5.74, 6) is -1.11. The molecule has 0 unspecified atom stereocenters. The molecule has 2 heterocycles. The smallest absolute Gasteiger partial charge is 0.326 e. The van der Waals surface area contributed by atoms with Gasteiger partial charge in [-0.2, -0.15) is 0 Å². The monoisotopic (exact) mass is 375 g/mol. The Balaban J connectivity index is 1.76. The van der Waals surface area contributed by atoms with Crippen LogP contribution in [0.15, 0.2) is 30.5 Å². The van der Waals surface area contributed by atoms with Gasteiger partial charge >= 0.3 is 5.97 Å². The number of amides is 2. The number of rotatable bonds is 6. The Morgan fingerprint density at radius 3 is 2.88 bits per heavy atom. The van der Waals surface area contributed by atoms with E-state index in [1.807, 2.05) is 38.1 Å². The Labute approximate surface area is 155 Å². The first-order valence-electron chi connectivity index (χ1n) is 8.29. The first kappa shape index (κ1) is 18.3. The zero-order valence-electron chi connectivity index (χ0n) is 14.6. The number of hydrogen-bond acceptors (Lipinski definition) is 4. The molecule has 2 atom stereocenters. The van der Waals surface area contributed by atoms with Crippen molar-refractivity contribution in [1.82, 2.24) is 15.2 Å². The van der Waals surface area contributed by atoms with E-state index >= 15 is 0 Å². The first-order valence-corrected chi connectivity index (χ1v) is 9.28. The summed E-state index contributed by atoms with van der Waals surface area (Å²) in [5.41, 5.74) is 1.74. The molecule has 0 bridgehead atoms. The molecule has 0 aliphatic carbocycles. The summed E-state index contributed by atoms with van der Waals surface area (Å²) >= 11 is 1.49. The topological polar surface area (TPSA) is 102 Å². The zero-order valence-corrected chi connectivity index (χ0v) is 15.4. The molecule has 1 aliphatic heterocycles. The minimum atomic E-state index is -1.11. The van der Waals surface area contributed by atoms with Crippen molar-refractivity contribution >= 4 is 41.0 Å². The normalized spacial score (nSPS) is 20.1. The molecule has 138 valence electrons. The lowest BCUT2D eigenvalue weighted by atomic mass is 10.0. The number of nitrogens with zero attached hydrogens (tertiary/aromatic N) is 1. The van der Waals surface area contributed by atoms with E-state index in [1.54, 1.807) is 6.20 Å². The number of hydrogen-bond donors (Lipinski definition) is 3. The predicted molar refractivity (Wildman–Crippen MR) is 99.8 cm³/mol. The molecular formula is C18H21N3O4S. The van der Waals surface area contributed by atoms with E-state index in [-0.39, 0.29) is 6.42 Å². The lowest BCUT2D eigenvalue weighted by molar-refractivity contribution is -0.143. The summed E-state index contributed by atoms with van der Waals surface area (Å²) < 4.78 is 0. The van der Waals surface area contributed by atoms with Crippen LogP contribution >= 0.6 is 11.8 Å². The van der Waals surface area contributed by atoms with E-state index in [4.69, 9.17) is 0 Å². The van der Waals surface area contributed by atoms with E-state index in [2.05, 4.69) is 10.3 Å². The maximum atomic E-state index is 12.6. The van der Waals surface area contributed by atoms with Gasteiger partial charge in [-0.1, -0.05) is 18.2 Å². The molecular weight excluding hydrogens is 354 g/mol. The fraction of sp³-hybridized carbons (Fsp3) is 0.389. The van der Waals surface area contributed by atoms with E-state index in [9.17, 15) is 19.5 Å². The van der Waals surface area contributed by atoms with Crippen LogP contribution in [0, 0.1) is 0 Å². The minimum absolute atomic E-state index is 0.162. The van der Waals surface area contributed by atoms with Gasteiger partial charge in [-0.05, 0) is 25.5 Å². The number of thioether (sulfide) groups is 1. The molecule has 26 heavy (non-hydrogen) atoms. The van der Waals surface area contributed by atoms with Crippen LogP contribution in [0.3, 0.4) is 0 Å². The lowest BCUT2D eigenvalue weighted by Crippen LogP contribution is -2.53. The van der Waals surface area contributed by atoms with Crippen LogP contribution in [0.25, 0.3) is 10.9 Å². The van der Waals surface area contributed by atoms with E-state index < -0.39 is 28.8 Å². The fourth-order valence-corrected chi connectivity index (χ4v) is 4.40. The summed E-state index contributed by atoms with van der Waals surface area (Å²) in [6, 6.07) is 5.86. The molecule has 8 heteroatoms. The number of benzene rings is 1. The SMILES string of the molecule is CC1(C)SC[C@@H](C(=O)N[C@H](Cc2c[nH]c3ccccc23)C(=O)O)N1C=O. The molecule has 0 radical (unpaired) electrons. The van der Waals surface area contributed by atoms with E-state index in [0.29, 0.717) is 12.2 Å². The van der Waals surface area contributed by atoms with E-state index in [0.717, 1.165) is 16.5 Å². The number of carbonyl (C=O) groups excluding carboxylic acids is 2. The quantitative estimate of drug-likeness (QED) is 0.666. The van der Waals surface area contributed by atoms with Gasteiger partial charge in [0.15, 0.2) is 0 Å². The number of aliphatic carboxylic acids is 1. The highest BCUT2D eigenvalue weighted by Crippen LogP contribution is 2.37. The number of aromatic amines is 1. The Morgan fingerprint density at radius 2 is 2.19 bits per heavy atom. The maximum absolute atomic E-state index is 12.6. The summed E-state index contributed by atoms with van der Waals surface area (Å²) in [6.45, 7) is 3.72. The molecule has 1 saturated heterocycles. The predicted octanol–water partition coefficient (Wildman–Crippen LogP) is 1.59.